The maximum absolute atomic E-state index is 5.18. The second-order valence-electron chi connectivity index (χ2n) is 5.15. The van der Waals surface area contributed by atoms with E-state index in [1.807, 2.05) is 6.08 Å². The van der Waals surface area contributed by atoms with E-state index in [1.165, 1.54) is 0 Å². The zero-order chi connectivity index (χ0) is 13.3. The molecule has 0 amide bonds. The molecule has 0 saturated heterocycles. The van der Waals surface area contributed by atoms with Crippen LogP contribution in [0.1, 0.15) is 27.7 Å². The molecule has 0 rings (SSSR count). The molecular formula is C14H30N2O. The van der Waals surface area contributed by atoms with Gasteiger partial charge in [-0.2, -0.15) is 0 Å². The van der Waals surface area contributed by atoms with E-state index in [4.69, 9.17) is 4.74 Å². The Labute approximate surface area is 107 Å². The average Bonchev–Trinajstić information content (AvgIpc) is 2.25. The number of hydrogen-bond donors (Lipinski definition) is 1. The second-order valence-corrected chi connectivity index (χ2v) is 5.15. The Kier molecular flexibility index (Phi) is 9.41. The first-order chi connectivity index (χ1) is 8.02. The molecule has 0 heterocycles. The third kappa shape index (κ3) is 7.53. The van der Waals surface area contributed by atoms with Crippen molar-refractivity contribution in [1.82, 2.24) is 10.2 Å². The van der Waals surface area contributed by atoms with E-state index < -0.39 is 0 Å². The largest absolute Gasteiger partial charge is 0.383 e. The van der Waals surface area contributed by atoms with Gasteiger partial charge in [-0.3, -0.25) is 4.90 Å². The number of nitrogens with zero attached hydrogens (tertiary/aromatic N) is 1. The average molecular weight is 242 g/mol. The summed E-state index contributed by atoms with van der Waals surface area (Å²) in [5.74, 6) is 0.623. The Morgan fingerprint density at radius 1 is 1.29 bits per heavy atom. The zero-order valence-electron chi connectivity index (χ0n) is 12.2. The van der Waals surface area contributed by atoms with Crippen molar-refractivity contribution in [3.63, 3.8) is 0 Å². The van der Waals surface area contributed by atoms with E-state index in [-0.39, 0.29) is 0 Å². The molecule has 1 unspecified atom stereocenters. The van der Waals surface area contributed by atoms with Gasteiger partial charge in [-0.05, 0) is 5.92 Å². The van der Waals surface area contributed by atoms with Crippen LogP contribution in [0.15, 0.2) is 12.7 Å². The summed E-state index contributed by atoms with van der Waals surface area (Å²) in [4.78, 5) is 2.44. The fraction of sp³-hybridized carbons (Fsp3) is 0.857. The van der Waals surface area contributed by atoms with Crippen LogP contribution in [0.4, 0.5) is 0 Å². The van der Waals surface area contributed by atoms with E-state index in [9.17, 15) is 0 Å². The van der Waals surface area contributed by atoms with Crippen LogP contribution in [0.2, 0.25) is 0 Å². The van der Waals surface area contributed by atoms with Gasteiger partial charge in [0, 0.05) is 38.8 Å². The molecular weight excluding hydrogens is 212 g/mol. The summed E-state index contributed by atoms with van der Waals surface area (Å²) in [6.45, 7) is 16.4. The third-order valence-electron chi connectivity index (χ3n) is 2.92. The number of hydrogen-bond acceptors (Lipinski definition) is 3. The highest BCUT2D eigenvalue weighted by molar-refractivity contribution is 4.83. The van der Waals surface area contributed by atoms with Gasteiger partial charge >= 0.3 is 0 Å². The minimum atomic E-state index is 0.532. The summed E-state index contributed by atoms with van der Waals surface area (Å²) in [6.07, 6.45) is 1.97. The highest BCUT2D eigenvalue weighted by atomic mass is 16.5. The minimum Gasteiger partial charge on any atom is -0.383 e. The maximum atomic E-state index is 5.18. The van der Waals surface area contributed by atoms with Crippen LogP contribution in [0.25, 0.3) is 0 Å². The number of methoxy groups -OCH3 is 1. The van der Waals surface area contributed by atoms with Crippen molar-refractivity contribution >= 4 is 0 Å². The SMILES string of the molecule is C=CCN(CCOC)C(CNC(C)C)C(C)C. The molecule has 0 bridgehead atoms. The second kappa shape index (κ2) is 9.63. The molecule has 0 aromatic carbocycles. The van der Waals surface area contributed by atoms with Crippen LogP contribution in [0.3, 0.4) is 0 Å². The van der Waals surface area contributed by atoms with E-state index in [2.05, 4.69) is 44.5 Å². The van der Waals surface area contributed by atoms with Gasteiger partial charge in [0.1, 0.15) is 0 Å². The monoisotopic (exact) mass is 242 g/mol. The van der Waals surface area contributed by atoms with Gasteiger partial charge in [-0.1, -0.05) is 33.8 Å². The molecule has 0 fully saturated rings. The van der Waals surface area contributed by atoms with E-state index in [0.29, 0.717) is 18.0 Å². The molecule has 0 spiro atoms. The summed E-state index contributed by atoms with van der Waals surface area (Å²) in [7, 11) is 1.75. The highest BCUT2D eigenvalue weighted by Gasteiger charge is 2.20. The Hall–Kier alpha value is -0.380. The van der Waals surface area contributed by atoms with Crippen LogP contribution in [0.5, 0.6) is 0 Å². The van der Waals surface area contributed by atoms with Crippen molar-refractivity contribution in [2.24, 2.45) is 5.92 Å². The lowest BCUT2D eigenvalue weighted by Gasteiger charge is -2.34. The molecule has 0 saturated carbocycles. The molecule has 0 aromatic rings. The fourth-order valence-corrected chi connectivity index (χ4v) is 1.91. The van der Waals surface area contributed by atoms with E-state index in [1.54, 1.807) is 7.11 Å². The molecule has 3 heteroatoms. The van der Waals surface area contributed by atoms with Crippen LogP contribution in [0, 0.1) is 5.92 Å². The van der Waals surface area contributed by atoms with Crippen molar-refractivity contribution in [2.75, 3.05) is 33.4 Å². The molecule has 0 radical (unpaired) electrons. The maximum Gasteiger partial charge on any atom is 0.0589 e. The number of rotatable bonds is 10. The van der Waals surface area contributed by atoms with Gasteiger partial charge < -0.3 is 10.1 Å². The molecule has 0 aliphatic rings. The Balaban J connectivity index is 4.40. The van der Waals surface area contributed by atoms with Crippen molar-refractivity contribution in [3.05, 3.63) is 12.7 Å². The zero-order valence-corrected chi connectivity index (χ0v) is 12.2. The van der Waals surface area contributed by atoms with Crippen molar-refractivity contribution in [1.29, 1.82) is 0 Å². The summed E-state index contributed by atoms with van der Waals surface area (Å²) >= 11 is 0. The first-order valence-corrected chi connectivity index (χ1v) is 6.60. The Bertz CT molecular complexity index is 193. The third-order valence-corrected chi connectivity index (χ3v) is 2.92. The van der Waals surface area contributed by atoms with Crippen molar-refractivity contribution < 1.29 is 4.74 Å². The van der Waals surface area contributed by atoms with Crippen LogP contribution in [-0.4, -0.2) is 50.3 Å². The first-order valence-electron chi connectivity index (χ1n) is 6.60. The molecule has 102 valence electrons. The lowest BCUT2D eigenvalue weighted by Crippen LogP contribution is -2.48. The molecule has 0 aromatic heterocycles. The lowest BCUT2D eigenvalue weighted by atomic mass is 10.0. The topological polar surface area (TPSA) is 24.5 Å². The van der Waals surface area contributed by atoms with Crippen molar-refractivity contribution in [2.45, 2.75) is 39.8 Å². The van der Waals surface area contributed by atoms with Gasteiger partial charge in [0.25, 0.3) is 0 Å². The molecule has 0 aliphatic carbocycles. The number of nitrogens with one attached hydrogen (secondary N) is 1. The molecule has 1 N–H and O–H groups in total. The normalized spacial score (nSPS) is 13.6. The van der Waals surface area contributed by atoms with Crippen molar-refractivity contribution in [3.8, 4) is 0 Å². The smallest absolute Gasteiger partial charge is 0.0589 e. The summed E-state index contributed by atoms with van der Waals surface area (Å²) in [5.41, 5.74) is 0. The van der Waals surface area contributed by atoms with Gasteiger partial charge in [0.15, 0.2) is 0 Å². The highest BCUT2D eigenvalue weighted by Crippen LogP contribution is 2.10. The van der Waals surface area contributed by atoms with Crippen LogP contribution < -0.4 is 5.32 Å². The van der Waals surface area contributed by atoms with Crippen LogP contribution >= 0.6 is 0 Å². The number of ether oxygens (including phenoxy) is 1. The van der Waals surface area contributed by atoms with E-state index in [0.717, 1.165) is 26.2 Å². The van der Waals surface area contributed by atoms with Gasteiger partial charge in [-0.25, -0.2) is 0 Å². The fourth-order valence-electron chi connectivity index (χ4n) is 1.91. The molecule has 0 aliphatic heterocycles. The Morgan fingerprint density at radius 2 is 1.94 bits per heavy atom. The minimum absolute atomic E-state index is 0.532. The standard InChI is InChI=1S/C14H30N2O/c1-7-8-16(9-10-17-6)14(12(2)3)11-15-13(4)5/h7,12-15H,1,8-11H2,2-6H3. The van der Waals surface area contributed by atoms with E-state index >= 15 is 0 Å². The predicted molar refractivity (Wildman–Crippen MR) is 75.4 cm³/mol. The first kappa shape index (κ1) is 16.6. The Morgan fingerprint density at radius 3 is 2.35 bits per heavy atom. The quantitative estimate of drug-likeness (QED) is 0.594. The van der Waals surface area contributed by atoms with Crippen LogP contribution in [-0.2, 0) is 4.74 Å². The predicted octanol–water partition coefficient (Wildman–Crippen LogP) is 2.14. The molecule has 17 heavy (non-hydrogen) atoms. The summed E-state index contributed by atoms with van der Waals surface area (Å²) in [6, 6.07) is 1.06. The molecule has 1 atom stereocenters. The summed E-state index contributed by atoms with van der Waals surface area (Å²) < 4.78 is 5.18. The van der Waals surface area contributed by atoms with Gasteiger partial charge in [0.2, 0.25) is 0 Å². The van der Waals surface area contributed by atoms with Gasteiger partial charge in [-0.15, -0.1) is 6.58 Å². The lowest BCUT2D eigenvalue weighted by molar-refractivity contribution is 0.108. The molecule has 3 nitrogen and oxygen atoms in total. The summed E-state index contributed by atoms with van der Waals surface area (Å²) in [5, 5.41) is 3.53. The van der Waals surface area contributed by atoms with Gasteiger partial charge in [0.05, 0.1) is 6.61 Å².